The standard InChI is InChI=1S/C11H16ClN3O/c1-7-3-2-4-8(5-7)15-6-14-10(12)9(13)11(15)16/h6-8H,2-5,13H2,1H3. The van der Waals surface area contributed by atoms with Crippen LogP contribution in [0.4, 0.5) is 5.69 Å². The number of nitrogens with zero attached hydrogens (tertiary/aromatic N) is 2. The topological polar surface area (TPSA) is 60.9 Å². The van der Waals surface area contributed by atoms with Gasteiger partial charge in [0.15, 0.2) is 5.15 Å². The molecule has 2 atom stereocenters. The molecule has 16 heavy (non-hydrogen) atoms. The van der Waals surface area contributed by atoms with Crippen LogP contribution in [0.2, 0.25) is 5.15 Å². The molecule has 1 heterocycles. The normalized spacial score (nSPS) is 25.6. The lowest BCUT2D eigenvalue weighted by Crippen LogP contribution is -2.30. The van der Waals surface area contributed by atoms with Crippen LogP contribution in [-0.4, -0.2) is 9.55 Å². The molecule has 1 aliphatic carbocycles. The van der Waals surface area contributed by atoms with Gasteiger partial charge in [-0.2, -0.15) is 0 Å². The third-order valence-corrected chi connectivity index (χ3v) is 3.59. The average Bonchev–Trinajstić information content (AvgIpc) is 2.26. The third kappa shape index (κ3) is 2.07. The summed E-state index contributed by atoms with van der Waals surface area (Å²) < 4.78 is 1.64. The molecule has 1 fully saturated rings. The van der Waals surface area contributed by atoms with E-state index in [9.17, 15) is 4.79 Å². The van der Waals surface area contributed by atoms with Gasteiger partial charge in [-0.15, -0.1) is 0 Å². The van der Waals surface area contributed by atoms with E-state index in [1.807, 2.05) is 0 Å². The predicted molar refractivity (Wildman–Crippen MR) is 64.6 cm³/mol. The van der Waals surface area contributed by atoms with Gasteiger partial charge in [-0.3, -0.25) is 9.36 Å². The minimum absolute atomic E-state index is 0.0578. The lowest BCUT2D eigenvalue weighted by Gasteiger charge is -2.28. The molecule has 1 aromatic rings. The van der Waals surface area contributed by atoms with Gasteiger partial charge in [0.1, 0.15) is 5.69 Å². The number of nitrogens with two attached hydrogens (primary N) is 1. The van der Waals surface area contributed by atoms with Crippen LogP contribution in [-0.2, 0) is 0 Å². The van der Waals surface area contributed by atoms with Crippen LogP contribution in [0, 0.1) is 5.92 Å². The maximum atomic E-state index is 11.9. The Morgan fingerprint density at radius 2 is 2.31 bits per heavy atom. The summed E-state index contributed by atoms with van der Waals surface area (Å²) in [5.74, 6) is 0.655. The molecule has 88 valence electrons. The Hall–Kier alpha value is -1.03. The summed E-state index contributed by atoms with van der Waals surface area (Å²) >= 11 is 5.70. The SMILES string of the molecule is CC1CCCC(n2cnc(Cl)c(N)c2=O)C1. The second kappa shape index (κ2) is 4.45. The van der Waals surface area contributed by atoms with E-state index in [1.165, 1.54) is 12.7 Å². The van der Waals surface area contributed by atoms with Crippen LogP contribution in [0.1, 0.15) is 38.6 Å². The van der Waals surface area contributed by atoms with Gasteiger partial charge in [0.25, 0.3) is 5.56 Å². The highest BCUT2D eigenvalue weighted by Gasteiger charge is 2.22. The highest BCUT2D eigenvalue weighted by Crippen LogP contribution is 2.31. The Kier molecular flexibility index (Phi) is 3.19. The second-order valence-electron chi connectivity index (χ2n) is 4.59. The summed E-state index contributed by atoms with van der Waals surface area (Å²) in [7, 11) is 0. The van der Waals surface area contributed by atoms with Crippen LogP contribution >= 0.6 is 11.6 Å². The van der Waals surface area contributed by atoms with Gasteiger partial charge in [0.2, 0.25) is 0 Å². The molecular weight excluding hydrogens is 226 g/mol. The van der Waals surface area contributed by atoms with Gasteiger partial charge >= 0.3 is 0 Å². The van der Waals surface area contributed by atoms with E-state index < -0.39 is 0 Å². The van der Waals surface area contributed by atoms with Crippen molar-refractivity contribution < 1.29 is 0 Å². The van der Waals surface area contributed by atoms with E-state index in [1.54, 1.807) is 4.57 Å². The predicted octanol–water partition coefficient (Wildman–Crippen LogP) is 2.23. The van der Waals surface area contributed by atoms with Crippen LogP contribution in [0.3, 0.4) is 0 Å². The zero-order valence-electron chi connectivity index (χ0n) is 9.32. The lowest BCUT2D eigenvalue weighted by molar-refractivity contribution is 0.276. The molecule has 0 amide bonds. The van der Waals surface area contributed by atoms with Gasteiger partial charge in [-0.1, -0.05) is 31.4 Å². The first-order chi connectivity index (χ1) is 7.59. The molecule has 0 aromatic carbocycles. The maximum Gasteiger partial charge on any atom is 0.278 e. The average molecular weight is 242 g/mol. The van der Waals surface area contributed by atoms with Crippen molar-refractivity contribution in [3.8, 4) is 0 Å². The van der Waals surface area contributed by atoms with Gasteiger partial charge in [-0.25, -0.2) is 4.98 Å². The number of halogens is 1. The molecule has 1 saturated carbocycles. The fourth-order valence-corrected chi connectivity index (χ4v) is 2.50. The number of hydrogen-bond donors (Lipinski definition) is 1. The monoisotopic (exact) mass is 241 g/mol. The molecule has 1 aromatic heterocycles. The number of rotatable bonds is 1. The van der Waals surface area contributed by atoms with Crippen molar-refractivity contribution in [1.82, 2.24) is 9.55 Å². The van der Waals surface area contributed by atoms with E-state index in [4.69, 9.17) is 17.3 Å². The number of anilines is 1. The minimum Gasteiger partial charge on any atom is -0.392 e. The summed E-state index contributed by atoms with van der Waals surface area (Å²) in [5.41, 5.74) is 5.44. The maximum absolute atomic E-state index is 11.9. The summed E-state index contributed by atoms with van der Waals surface area (Å²) in [6.07, 6.45) is 5.95. The van der Waals surface area contributed by atoms with E-state index >= 15 is 0 Å². The summed E-state index contributed by atoms with van der Waals surface area (Å²) in [6.45, 7) is 2.21. The van der Waals surface area contributed by atoms with Gasteiger partial charge < -0.3 is 5.73 Å². The Labute approximate surface area is 99.4 Å². The molecule has 4 nitrogen and oxygen atoms in total. The Bertz CT molecular complexity index is 443. The smallest absolute Gasteiger partial charge is 0.278 e. The lowest BCUT2D eigenvalue weighted by atomic mass is 9.87. The Morgan fingerprint density at radius 1 is 1.56 bits per heavy atom. The summed E-state index contributed by atoms with van der Waals surface area (Å²) in [5, 5.41) is 0.102. The van der Waals surface area contributed by atoms with Crippen molar-refractivity contribution in [3.63, 3.8) is 0 Å². The van der Waals surface area contributed by atoms with E-state index in [2.05, 4.69) is 11.9 Å². The molecule has 0 spiro atoms. The fraction of sp³-hybridized carbons (Fsp3) is 0.636. The molecule has 2 N–H and O–H groups in total. The molecule has 5 heteroatoms. The second-order valence-corrected chi connectivity index (χ2v) is 4.95. The third-order valence-electron chi connectivity index (χ3n) is 3.28. The summed E-state index contributed by atoms with van der Waals surface area (Å²) in [4.78, 5) is 15.9. The van der Waals surface area contributed by atoms with Crippen molar-refractivity contribution in [1.29, 1.82) is 0 Å². The van der Waals surface area contributed by atoms with Crippen LogP contribution in [0.15, 0.2) is 11.1 Å². The van der Waals surface area contributed by atoms with Crippen molar-refractivity contribution in [3.05, 3.63) is 21.8 Å². The zero-order valence-corrected chi connectivity index (χ0v) is 10.1. The minimum atomic E-state index is -0.209. The highest BCUT2D eigenvalue weighted by atomic mass is 35.5. The molecule has 0 saturated heterocycles. The highest BCUT2D eigenvalue weighted by molar-refractivity contribution is 6.31. The van der Waals surface area contributed by atoms with Crippen LogP contribution in [0.25, 0.3) is 0 Å². The number of nitrogen functional groups attached to an aromatic ring is 1. The molecule has 1 aliphatic rings. The molecule has 2 rings (SSSR count). The molecule has 0 bridgehead atoms. The molecule has 2 unspecified atom stereocenters. The first-order valence-corrected chi connectivity index (χ1v) is 5.99. The quantitative estimate of drug-likeness (QED) is 0.767. The van der Waals surface area contributed by atoms with Crippen molar-refractivity contribution >= 4 is 17.3 Å². The van der Waals surface area contributed by atoms with Crippen molar-refractivity contribution in [2.24, 2.45) is 5.92 Å². The number of aromatic nitrogens is 2. The fourth-order valence-electron chi connectivity index (χ4n) is 2.38. The van der Waals surface area contributed by atoms with Crippen molar-refractivity contribution in [2.45, 2.75) is 38.6 Å². The molecule has 0 radical (unpaired) electrons. The van der Waals surface area contributed by atoms with E-state index in [0.29, 0.717) is 5.92 Å². The van der Waals surface area contributed by atoms with Crippen LogP contribution < -0.4 is 11.3 Å². The van der Waals surface area contributed by atoms with Gasteiger partial charge in [-0.05, 0) is 18.8 Å². The number of hydrogen-bond acceptors (Lipinski definition) is 3. The first kappa shape index (κ1) is 11.5. The Balaban J connectivity index is 2.33. The van der Waals surface area contributed by atoms with Crippen LogP contribution in [0.5, 0.6) is 0 Å². The molecule has 0 aliphatic heterocycles. The zero-order chi connectivity index (χ0) is 11.7. The largest absolute Gasteiger partial charge is 0.392 e. The van der Waals surface area contributed by atoms with E-state index in [-0.39, 0.29) is 22.4 Å². The van der Waals surface area contributed by atoms with E-state index in [0.717, 1.165) is 19.3 Å². The van der Waals surface area contributed by atoms with Crippen molar-refractivity contribution in [2.75, 3.05) is 5.73 Å². The summed E-state index contributed by atoms with van der Waals surface area (Å²) in [6, 6.07) is 0.225. The molecular formula is C11H16ClN3O. The van der Waals surface area contributed by atoms with Gasteiger partial charge in [0, 0.05) is 6.04 Å². The van der Waals surface area contributed by atoms with Gasteiger partial charge in [0.05, 0.1) is 6.33 Å². The first-order valence-electron chi connectivity index (χ1n) is 5.61. The Morgan fingerprint density at radius 3 is 3.00 bits per heavy atom.